The number of nitro groups is 1. The molecule has 5 nitrogen and oxygen atoms in total. The second-order valence-corrected chi connectivity index (χ2v) is 12.7. The molecule has 0 N–H and O–H groups in total. The first-order valence-corrected chi connectivity index (χ1v) is 16.5. The number of anilines is 1. The fourth-order valence-corrected chi connectivity index (χ4v) is 6.92. The molecule has 2 aromatic rings. The second kappa shape index (κ2) is 14.6. The predicted molar refractivity (Wildman–Crippen MR) is 172 cm³/mol. The van der Waals surface area contributed by atoms with Crippen molar-refractivity contribution in [1.82, 2.24) is 0 Å². The van der Waals surface area contributed by atoms with Gasteiger partial charge in [0.25, 0.3) is 5.69 Å². The van der Waals surface area contributed by atoms with Gasteiger partial charge >= 0.3 is 0 Å². The number of non-ortho nitro benzene ring substituents is 1. The van der Waals surface area contributed by atoms with Crippen molar-refractivity contribution in [3.8, 4) is 5.75 Å². The van der Waals surface area contributed by atoms with Crippen molar-refractivity contribution in [1.29, 1.82) is 0 Å². The fourth-order valence-electron chi connectivity index (χ4n) is 6.72. The summed E-state index contributed by atoms with van der Waals surface area (Å²) in [6.07, 6.45) is 22.8. The molecule has 6 heteroatoms. The van der Waals surface area contributed by atoms with Crippen LogP contribution >= 0.6 is 11.6 Å². The molecule has 1 unspecified atom stereocenters. The van der Waals surface area contributed by atoms with Gasteiger partial charge in [-0.15, -0.1) is 11.6 Å². The Bertz CT molecular complexity index is 1190. The Balaban J connectivity index is 1.35. The molecule has 0 radical (unpaired) electrons. The standard InChI is InChI=1S/C35H49ClN2O3/c1-4-5-6-7-8-9-10-11-12-13-14-15-16-19-24-37-32-21-18-17-20-31(32)34(2,3)35(37)23-22-28-25-30(38(39)40)26-29(27-36)33(28)41-35/h17-18,20-23,25-26H,4-16,19,24,27H2,1-3H3. The number of ether oxygens (including phenoxy) is 1. The van der Waals surface area contributed by atoms with Crippen molar-refractivity contribution in [2.75, 3.05) is 11.4 Å². The molecule has 2 aliphatic rings. The maximum absolute atomic E-state index is 11.5. The van der Waals surface area contributed by atoms with Gasteiger partial charge in [0.05, 0.1) is 16.2 Å². The summed E-state index contributed by atoms with van der Waals surface area (Å²) in [5, 5.41) is 11.5. The summed E-state index contributed by atoms with van der Waals surface area (Å²) >= 11 is 6.29. The molecule has 41 heavy (non-hydrogen) atoms. The number of unbranched alkanes of at least 4 members (excludes halogenated alkanes) is 13. The number of fused-ring (bicyclic) bond motifs is 2. The van der Waals surface area contributed by atoms with Crippen LogP contribution in [0.15, 0.2) is 42.5 Å². The van der Waals surface area contributed by atoms with E-state index >= 15 is 0 Å². The highest BCUT2D eigenvalue weighted by Crippen LogP contribution is 2.55. The van der Waals surface area contributed by atoms with Crippen LogP contribution in [0.1, 0.15) is 127 Å². The highest BCUT2D eigenvalue weighted by atomic mass is 35.5. The lowest BCUT2D eigenvalue weighted by Gasteiger charge is -2.47. The maximum atomic E-state index is 11.5. The lowest BCUT2D eigenvalue weighted by molar-refractivity contribution is -0.385. The van der Waals surface area contributed by atoms with E-state index in [-0.39, 0.29) is 21.9 Å². The lowest BCUT2D eigenvalue weighted by Crippen LogP contribution is -2.59. The van der Waals surface area contributed by atoms with E-state index in [0.717, 1.165) is 13.0 Å². The van der Waals surface area contributed by atoms with Crippen molar-refractivity contribution >= 4 is 29.1 Å². The van der Waals surface area contributed by atoms with Gasteiger partial charge in [-0.25, -0.2) is 0 Å². The Morgan fingerprint density at radius 2 is 1.46 bits per heavy atom. The number of benzene rings is 2. The second-order valence-electron chi connectivity index (χ2n) is 12.4. The molecular weight excluding hydrogens is 532 g/mol. The molecule has 0 saturated carbocycles. The number of para-hydroxylation sites is 1. The molecule has 4 rings (SSSR count). The zero-order chi connectivity index (χ0) is 29.3. The number of nitrogens with zero attached hydrogens (tertiary/aromatic N) is 2. The summed E-state index contributed by atoms with van der Waals surface area (Å²) in [5.74, 6) is 0.806. The monoisotopic (exact) mass is 580 g/mol. The Kier molecular flexibility index (Phi) is 11.2. The van der Waals surface area contributed by atoms with Gasteiger partial charge in [-0.3, -0.25) is 10.1 Å². The lowest BCUT2D eigenvalue weighted by atomic mass is 9.76. The van der Waals surface area contributed by atoms with Crippen LogP contribution in [0.4, 0.5) is 11.4 Å². The third-order valence-corrected chi connectivity index (χ3v) is 9.47. The van der Waals surface area contributed by atoms with E-state index in [2.05, 4.69) is 56.0 Å². The number of rotatable bonds is 17. The predicted octanol–water partition coefficient (Wildman–Crippen LogP) is 10.7. The van der Waals surface area contributed by atoms with Gasteiger partial charge in [-0.1, -0.05) is 109 Å². The maximum Gasteiger partial charge on any atom is 0.270 e. The normalized spacial score (nSPS) is 18.4. The SMILES string of the molecule is CCCCCCCCCCCCCCCCN1c2ccccc2C(C)(C)C12C=Cc1cc([N+](=O)[O-])cc(CCl)c1O2. The van der Waals surface area contributed by atoms with E-state index in [1.165, 1.54) is 94.7 Å². The van der Waals surface area contributed by atoms with E-state index in [1.807, 2.05) is 6.08 Å². The fraction of sp³-hybridized carbons (Fsp3) is 0.600. The number of hydrogen-bond donors (Lipinski definition) is 0. The zero-order valence-electron chi connectivity index (χ0n) is 25.4. The third-order valence-electron chi connectivity index (χ3n) is 9.18. The van der Waals surface area contributed by atoms with Crippen molar-refractivity contribution in [2.45, 2.75) is 128 Å². The summed E-state index contributed by atoms with van der Waals surface area (Å²) in [4.78, 5) is 13.6. The van der Waals surface area contributed by atoms with Gasteiger partial charge in [0.2, 0.25) is 5.72 Å². The van der Waals surface area contributed by atoms with Gasteiger partial charge in [-0.05, 0) is 44.1 Å². The molecule has 0 fully saturated rings. The van der Waals surface area contributed by atoms with Crippen molar-refractivity contribution in [2.24, 2.45) is 0 Å². The number of alkyl halides is 1. The molecule has 0 amide bonds. The highest BCUT2D eigenvalue weighted by molar-refractivity contribution is 6.17. The Labute approximate surface area is 252 Å². The smallest absolute Gasteiger partial charge is 0.270 e. The molecule has 0 aliphatic carbocycles. The van der Waals surface area contributed by atoms with Crippen LogP contribution in [0.5, 0.6) is 5.75 Å². The van der Waals surface area contributed by atoms with Crippen LogP contribution < -0.4 is 9.64 Å². The quantitative estimate of drug-likeness (QED) is 0.0808. The van der Waals surface area contributed by atoms with Crippen LogP contribution in [0.25, 0.3) is 6.08 Å². The van der Waals surface area contributed by atoms with Crippen LogP contribution in [-0.2, 0) is 11.3 Å². The molecule has 224 valence electrons. The minimum absolute atomic E-state index is 0.0387. The number of nitro benzene ring substituents is 1. The summed E-state index contributed by atoms with van der Waals surface area (Å²) in [6, 6.07) is 11.7. The van der Waals surface area contributed by atoms with E-state index < -0.39 is 5.72 Å². The summed E-state index contributed by atoms with van der Waals surface area (Å²) in [7, 11) is 0. The van der Waals surface area contributed by atoms with E-state index in [4.69, 9.17) is 16.3 Å². The molecule has 1 atom stereocenters. The van der Waals surface area contributed by atoms with E-state index in [9.17, 15) is 10.1 Å². The molecular formula is C35H49ClN2O3. The van der Waals surface area contributed by atoms with E-state index in [1.54, 1.807) is 12.1 Å². The highest BCUT2D eigenvalue weighted by Gasteiger charge is 2.58. The molecule has 2 heterocycles. The Morgan fingerprint density at radius 3 is 2.05 bits per heavy atom. The molecule has 0 aromatic heterocycles. The minimum Gasteiger partial charge on any atom is -0.462 e. The number of hydrogen-bond acceptors (Lipinski definition) is 4. The first-order valence-electron chi connectivity index (χ1n) is 16.0. The van der Waals surface area contributed by atoms with Crippen molar-refractivity contribution < 1.29 is 9.66 Å². The zero-order valence-corrected chi connectivity index (χ0v) is 26.2. The Hall–Kier alpha value is -2.53. The van der Waals surface area contributed by atoms with E-state index in [0.29, 0.717) is 16.9 Å². The van der Waals surface area contributed by atoms with Crippen LogP contribution in [-0.4, -0.2) is 17.2 Å². The topological polar surface area (TPSA) is 55.6 Å². The molecule has 2 aromatic carbocycles. The molecule has 1 spiro atoms. The van der Waals surface area contributed by atoms with Crippen molar-refractivity contribution in [3.05, 3.63) is 69.3 Å². The average molecular weight is 581 g/mol. The van der Waals surface area contributed by atoms with Crippen LogP contribution in [0.3, 0.4) is 0 Å². The molecule has 0 bridgehead atoms. The first kappa shape index (κ1) is 31.4. The van der Waals surface area contributed by atoms with Gasteiger partial charge in [0.15, 0.2) is 0 Å². The molecule has 0 saturated heterocycles. The van der Waals surface area contributed by atoms with Gasteiger partial charge in [-0.2, -0.15) is 0 Å². The number of halogens is 1. The summed E-state index contributed by atoms with van der Waals surface area (Å²) < 4.78 is 6.95. The Morgan fingerprint density at radius 1 is 0.878 bits per heavy atom. The largest absolute Gasteiger partial charge is 0.462 e. The molecule has 2 aliphatic heterocycles. The summed E-state index contributed by atoms with van der Waals surface area (Å²) in [6.45, 7) is 7.64. The van der Waals surface area contributed by atoms with Crippen LogP contribution in [0, 0.1) is 10.1 Å². The van der Waals surface area contributed by atoms with Crippen molar-refractivity contribution in [3.63, 3.8) is 0 Å². The third kappa shape index (κ3) is 6.93. The van der Waals surface area contributed by atoms with Gasteiger partial charge in [0.1, 0.15) is 5.75 Å². The van der Waals surface area contributed by atoms with Crippen LogP contribution in [0.2, 0.25) is 0 Å². The van der Waals surface area contributed by atoms with Gasteiger partial charge in [0, 0.05) is 35.5 Å². The summed E-state index contributed by atoms with van der Waals surface area (Å²) in [5.41, 5.74) is 2.81. The van der Waals surface area contributed by atoms with Gasteiger partial charge < -0.3 is 9.64 Å². The first-order chi connectivity index (χ1) is 19.9. The average Bonchev–Trinajstić information content (AvgIpc) is 3.15. The minimum atomic E-state index is -0.725.